The van der Waals surface area contributed by atoms with Crippen LogP contribution >= 0.6 is 11.3 Å². The van der Waals surface area contributed by atoms with Gasteiger partial charge in [0.1, 0.15) is 0 Å². The van der Waals surface area contributed by atoms with Gasteiger partial charge in [-0.3, -0.25) is 0 Å². The number of piperidine rings is 1. The molecule has 4 aromatic rings. The summed E-state index contributed by atoms with van der Waals surface area (Å²) in [6, 6.07) is 8.89. The van der Waals surface area contributed by atoms with E-state index in [1.54, 1.807) is 28.0 Å². The first-order chi connectivity index (χ1) is 14.5. The molecule has 0 radical (unpaired) electrons. The molecule has 5 rings (SSSR count). The molecule has 156 valence electrons. The van der Waals surface area contributed by atoms with Crippen molar-refractivity contribution in [3.63, 3.8) is 0 Å². The number of anilines is 1. The Morgan fingerprint density at radius 3 is 2.73 bits per heavy atom. The number of thiophene rings is 1. The Labute approximate surface area is 179 Å². The van der Waals surface area contributed by atoms with Gasteiger partial charge in [0.05, 0.1) is 15.1 Å². The molecule has 7 nitrogen and oxygen atoms in total. The number of aromatic nitrogens is 4. The molecule has 0 amide bonds. The average molecular weight is 442 g/mol. The summed E-state index contributed by atoms with van der Waals surface area (Å²) in [4.78, 5) is 7.30. The Morgan fingerprint density at radius 1 is 1.20 bits per heavy atom. The van der Waals surface area contributed by atoms with Crippen LogP contribution in [0, 0.1) is 5.92 Å². The van der Waals surface area contributed by atoms with Crippen molar-refractivity contribution in [3.8, 4) is 0 Å². The van der Waals surface area contributed by atoms with Gasteiger partial charge in [0, 0.05) is 13.1 Å². The zero-order chi connectivity index (χ0) is 20.9. The number of hydrogen-bond acceptors (Lipinski definition) is 7. The first-order valence-corrected chi connectivity index (χ1v) is 12.6. The predicted octanol–water partition coefficient (Wildman–Crippen LogP) is 3.97. The average Bonchev–Trinajstić information content (AvgIpc) is 3.40. The van der Waals surface area contributed by atoms with E-state index in [4.69, 9.17) is 4.98 Å². The van der Waals surface area contributed by atoms with Crippen LogP contribution in [-0.2, 0) is 16.3 Å². The summed E-state index contributed by atoms with van der Waals surface area (Å²) < 4.78 is 29.3. The van der Waals surface area contributed by atoms with Gasteiger partial charge in [-0.1, -0.05) is 31.2 Å². The Bertz CT molecular complexity index is 1320. The highest BCUT2D eigenvalue weighted by atomic mass is 32.2. The topological polar surface area (TPSA) is 80.5 Å². The quantitative estimate of drug-likeness (QED) is 0.477. The molecule has 1 fully saturated rings. The van der Waals surface area contributed by atoms with E-state index >= 15 is 0 Å². The van der Waals surface area contributed by atoms with Crippen LogP contribution in [0.25, 0.3) is 15.9 Å². The molecule has 1 aromatic carbocycles. The third-order valence-corrected chi connectivity index (χ3v) is 8.32. The number of sulfone groups is 1. The Kier molecular flexibility index (Phi) is 4.74. The lowest BCUT2D eigenvalue weighted by molar-refractivity contribution is 0.445. The molecule has 1 unspecified atom stereocenters. The molecule has 9 heteroatoms. The summed E-state index contributed by atoms with van der Waals surface area (Å²) in [5.74, 6) is 1.41. The minimum absolute atomic E-state index is 0.0915. The van der Waals surface area contributed by atoms with Crippen LogP contribution in [0.2, 0.25) is 0 Å². The first kappa shape index (κ1) is 19.4. The molecule has 4 heterocycles. The summed E-state index contributed by atoms with van der Waals surface area (Å²) in [5.41, 5.74) is 2.21. The number of benzene rings is 1. The third kappa shape index (κ3) is 3.07. The Morgan fingerprint density at radius 2 is 2.00 bits per heavy atom. The van der Waals surface area contributed by atoms with E-state index < -0.39 is 9.84 Å². The molecule has 1 aliphatic rings. The molecule has 0 bridgehead atoms. The standard InChI is InChI=1S/C21H23N5O2S2/c1-3-15-6-8-16(9-7-15)30(27,28)21-20-22-19(25-11-4-5-14(2)13-25)18-17(10-12-29-18)26(20)24-23-21/h6-10,12,14H,3-5,11,13H2,1-2H3. The van der Waals surface area contributed by atoms with Gasteiger partial charge in [0.25, 0.3) is 0 Å². The summed E-state index contributed by atoms with van der Waals surface area (Å²) >= 11 is 1.60. The highest BCUT2D eigenvalue weighted by Crippen LogP contribution is 2.34. The zero-order valence-corrected chi connectivity index (χ0v) is 18.6. The summed E-state index contributed by atoms with van der Waals surface area (Å²) in [6.45, 7) is 6.11. The second-order valence-corrected chi connectivity index (χ2v) is 10.7. The fourth-order valence-corrected chi connectivity index (χ4v) is 6.22. The van der Waals surface area contributed by atoms with Crippen molar-refractivity contribution < 1.29 is 8.42 Å². The van der Waals surface area contributed by atoms with E-state index in [-0.39, 0.29) is 15.6 Å². The lowest BCUT2D eigenvalue weighted by Gasteiger charge is -2.32. The van der Waals surface area contributed by atoms with Crippen molar-refractivity contribution in [2.75, 3.05) is 18.0 Å². The van der Waals surface area contributed by atoms with Gasteiger partial charge < -0.3 is 4.90 Å². The summed E-state index contributed by atoms with van der Waals surface area (Å²) in [5, 5.41) is 10.1. The summed E-state index contributed by atoms with van der Waals surface area (Å²) in [6.07, 6.45) is 3.16. The maximum absolute atomic E-state index is 13.4. The van der Waals surface area contributed by atoms with Crippen LogP contribution in [0.3, 0.4) is 0 Å². The van der Waals surface area contributed by atoms with E-state index in [1.807, 2.05) is 30.5 Å². The van der Waals surface area contributed by atoms with Crippen LogP contribution in [0.1, 0.15) is 32.3 Å². The van der Waals surface area contributed by atoms with Gasteiger partial charge in [0.2, 0.25) is 14.9 Å². The molecular weight excluding hydrogens is 418 g/mol. The van der Waals surface area contributed by atoms with Gasteiger partial charge in [-0.2, -0.15) is 4.52 Å². The monoisotopic (exact) mass is 441 g/mol. The molecule has 0 spiro atoms. The van der Waals surface area contributed by atoms with Gasteiger partial charge in [0.15, 0.2) is 11.5 Å². The number of aryl methyl sites for hydroxylation is 1. The Hall–Kier alpha value is -2.52. The molecule has 1 saturated heterocycles. The lowest BCUT2D eigenvalue weighted by Crippen LogP contribution is -2.35. The van der Waals surface area contributed by atoms with Gasteiger partial charge in [-0.25, -0.2) is 13.4 Å². The van der Waals surface area contributed by atoms with E-state index in [0.29, 0.717) is 5.92 Å². The van der Waals surface area contributed by atoms with Crippen LogP contribution in [0.4, 0.5) is 5.82 Å². The van der Waals surface area contributed by atoms with Crippen molar-refractivity contribution in [2.24, 2.45) is 5.92 Å². The molecule has 3 aromatic heterocycles. The van der Waals surface area contributed by atoms with Crippen LogP contribution < -0.4 is 4.90 Å². The van der Waals surface area contributed by atoms with Gasteiger partial charge in [-0.05, 0) is 54.3 Å². The number of hydrogen-bond donors (Lipinski definition) is 0. The van der Waals surface area contributed by atoms with Crippen LogP contribution in [0.15, 0.2) is 45.6 Å². The van der Waals surface area contributed by atoms with Crippen molar-refractivity contribution in [1.29, 1.82) is 0 Å². The third-order valence-electron chi connectivity index (χ3n) is 5.76. The fourth-order valence-electron chi connectivity index (χ4n) is 4.09. The molecule has 1 aliphatic heterocycles. The van der Waals surface area contributed by atoms with Crippen molar-refractivity contribution in [3.05, 3.63) is 41.3 Å². The molecular formula is C21H23N5O2S2. The van der Waals surface area contributed by atoms with E-state index in [9.17, 15) is 8.42 Å². The van der Waals surface area contributed by atoms with Crippen molar-refractivity contribution in [2.45, 2.75) is 43.0 Å². The first-order valence-electron chi connectivity index (χ1n) is 10.2. The molecule has 0 N–H and O–H groups in total. The van der Waals surface area contributed by atoms with Crippen molar-refractivity contribution in [1.82, 2.24) is 19.8 Å². The maximum Gasteiger partial charge on any atom is 0.229 e. The maximum atomic E-state index is 13.4. The second kappa shape index (κ2) is 7.31. The number of nitrogens with zero attached hydrogens (tertiary/aromatic N) is 5. The molecule has 0 aliphatic carbocycles. The second-order valence-electron chi connectivity index (χ2n) is 7.89. The zero-order valence-electron chi connectivity index (χ0n) is 16.9. The lowest BCUT2D eigenvalue weighted by atomic mass is 10.0. The highest BCUT2D eigenvalue weighted by Gasteiger charge is 2.29. The minimum Gasteiger partial charge on any atom is -0.355 e. The molecule has 1 atom stereocenters. The number of rotatable bonds is 4. The fraction of sp³-hybridized carbons (Fsp3) is 0.381. The molecule has 30 heavy (non-hydrogen) atoms. The van der Waals surface area contributed by atoms with E-state index in [1.165, 1.54) is 6.42 Å². The van der Waals surface area contributed by atoms with Crippen LogP contribution in [-0.4, -0.2) is 41.3 Å². The SMILES string of the molecule is CCc1ccc(S(=O)(=O)c2nnn3c2nc(N2CCCC(C)C2)c2sccc23)cc1. The Balaban J connectivity index is 1.69. The summed E-state index contributed by atoms with van der Waals surface area (Å²) in [7, 11) is -3.83. The normalized spacial score (nSPS) is 17.8. The highest BCUT2D eigenvalue weighted by molar-refractivity contribution is 7.91. The van der Waals surface area contributed by atoms with Crippen molar-refractivity contribution >= 4 is 42.9 Å². The number of fused-ring (bicyclic) bond motifs is 3. The largest absolute Gasteiger partial charge is 0.355 e. The minimum atomic E-state index is -3.83. The molecule has 0 saturated carbocycles. The van der Waals surface area contributed by atoms with Gasteiger partial charge in [-0.15, -0.1) is 16.4 Å². The van der Waals surface area contributed by atoms with E-state index in [0.717, 1.165) is 47.5 Å². The van der Waals surface area contributed by atoms with E-state index in [2.05, 4.69) is 22.1 Å². The smallest absolute Gasteiger partial charge is 0.229 e. The van der Waals surface area contributed by atoms with Gasteiger partial charge >= 0.3 is 0 Å². The van der Waals surface area contributed by atoms with Crippen LogP contribution in [0.5, 0.6) is 0 Å². The predicted molar refractivity (Wildman–Crippen MR) is 118 cm³/mol.